The highest BCUT2D eigenvalue weighted by Crippen LogP contribution is 2.44. The third kappa shape index (κ3) is 3.85. The second-order valence-electron chi connectivity index (χ2n) is 5.69. The summed E-state index contributed by atoms with van der Waals surface area (Å²) in [6.45, 7) is 0. The Hall–Kier alpha value is -3.29. The Morgan fingerprint density at radius 3 is 1.11 bits per heavy atom. The lowest BCUT2D eigenvalue weighted by molar-refractivity contribution is -0.137. The number of aliphatic carboxylic acids is 1. The largest absolute Gasteiger partial charge is 0.493 e. The zero-order chi connectivity index (χ0) is 20.8. The summed E-state index contributed by atoms with van der Waals surface area (Å²) < 4.78 is 32.0. The zero-order valence-corrected chi connectivity index (χ0v) is 16.7. The van der Waals surface area contributed by atoms with Gasteiger partial charge in [-0.05, 0) is 35.4 Å². The van der Waals surface area contributed by atoms with E-state index in [0.717, 1.165) is 0 Å². The van der Waals surface area contributed by atoms with Gasteiger partial charge in [0.15, 0.2) is 23.0 Å². The van der Waals surface area contributed by atoms with Crippen molar-refractivity contribution in [1.82, 2.24) is 0 Å². The molecule has 0 amide bonds. The number of rotatable bonds is 9. The Bertz CT molecular complexity index is 733. The first-order valence-corrected chi connectivity index (χ1v) is 8.28. The lowest BCUT2D eigenvalue weighted by Gasteiger charge is -2.20. The lowest BCUT2D eigenvalue weighted by Crippen LogP contribution is -2.14. The molecule has 0 aliphatic rings. The molecule has 0 unspecified atom stereocenters. The van der Waals surface area contributed by atoms with E-state index in [1.807, 2.05) is 0 Å². The first kappa shape index (κ1) is 21.0. The van der Waals surface area contributed by atoms with Crippen molar-refractivity contribution in [2.45, 2.75) is 5.92 Å². The molecule has 2 aromatic carbocycles. The molecule has 0 saturated carbocycles. The van der Waals surface area contributed by atoms with Gasteiger partial charge >= 0.3 is 5.97 Å². The highest BCUT2D eigenvalue weighted by molar-refractivity contribution is 5.82. The van der Waals surface area contributed by atoms with Gasteiger partial charge < -0.3 is 33.5 Å². The van der Waals surface area contributed by atoms with Crippen LogP contribution in [0.15, 0.2) is 24.3 Å². The average molecular weight is 392 g/mol. The van der Waals surface area contributed by atoms with Crippen molar-refractivity contribution in [3.8, 4) is 34.5 Å². The monoisotopic (exact) mass is 392 g/mol. The van der Waals surface area contributed by atoms with Crippen LogP contribution < -0.4 is 28.4 Å². The Balaban J connectivity index is 2.72. The van der Waals surface area contributed by atoms with Gasteiger partial charge in [0, 0.05) is 0 Å². The molecule has 0 fully saturated rings. The van der Waals surface area contributed by atoms with E-state index in [1.165, 1.54) is 42.7 Å². The van der Waals surface area contributed by atoms with Gasteiger partial charge in [0.25, 0.3) is 0 Å². The van der Waals surface area contributed by atoms with E-state index >= 15 is 0 Å². The Labute approximate surface area is 163 Å². The minimum atomic E-state index is -1.07. The molecule has 1 N–H and O–H groups in total. The van der Waals surface area contributed by atoms with Gasteiger partial charge in [0.1, 0.15) is 5.92 Å². The fourth-order valence-electron chi connectivity index (χ4n) is 3.01. The van der Waals surface area contributed by atoms with Gasteiger partial charge in [-0.3, -0.25) is 4.79 Å². The van der Waals surface area contributed by atoms with Crippen LogP contribution in [-0.2, 0) is 4.79 Å². The predicted molar refractivity (Wildman–Crippen MR) is 102 cm³/mol. The molecule has 2 aromatic rings. The maximum absolute atomic E-state index is 12.2. The second-order valence-corrected chi connectivity index (χ2v) is 5.69. The van der Waals surface area contributed by atoms with Gasteiger partial charge in [0.2, 0.25) is 11.5 Å². The fraction of sp³-hybridized carbons (Fsp3) is 0.350. The van der Waals surface area contributed by atoms with Crippen molar-refractivity contribution in [3.63, 3.8) is 0 Å². The molecule has 0 radical (unpaired) electrons. The van der Waals surface area contributed by atoms with Gasteiger partial charge in [-0.15, -0.1) is 0 Å². The molecule has 8 nitrogen and oxygen atoms in total. The van der Waals surface area contributed by atoms with E-state index in [2.05, 4.69) is 0 Å². The Morgan fingerprint density at radius 1 is 0.643 bits per heavy atom. The smallest absolute Gasteiger partial charge is 0.315 e. The first-order chi connectivity index (χ1) is 13.4. The maximum Gasteiger partial charge on any atom is 0.315 e. The van der Waals surface area contributed by atoms with Crippen molar-refractivity contribution in [3.05, 3.63) is 35.4 Å². The van der Waals surface area contributed by atoms with Crippen molar-refractivity contribution in [2.75, 3.05) is 42.7 Å². The van der Waals surface area contributed by atoms with Crippen LogP contribution >= 0.6 is 0 Å². The van der Waals surface area contributed by atoms with Crippen molar-refractivity contribution < 1.29 is 38.3 Å². The van der Waals surface area contributed by atoms with E-state index < -0.39 is 11.9 Å². The molecule has 0 heterocycles. The summed E-state index contributed by atoms with van der Waals surface area (Å²) in [6.07, 6.45) is 0. The van der Waals surface area contributed by atoms with Crippen LogP contribution in [-0.4, -0.2) is 53.7 Å². The van der Waals surface area contributed by atoms with E-state index in [9.17, 15) is 9.90 Å². The molecule has 152 valence electrons. The zero-order valence-electron chi connectivity index (χ0n) is 16.7. The Morgan fingerprint density at radius 2 is 0.929 bits per heavy atom. The second kappa shape index (κ2) is 9.07. The molecule has 28 heavy (non-hydrogen) atoms. The SMILES string of the molecule is COc1cc(C(C(=O)O)c2cc(OC)c(OC)c(OC)c2)cc(OC)c1OC. The highest BCUT2D eigenvalue weighted by atomic mass is 16.5. The summed E-state index contributed by atoms with van der Waals surface area (Å²) in [5.41, 5.74) is 0.882. The number of carbonyl (C=O) groups is 1. The van der Waals surface area contributed by atoms with Crippen LogP contribution in [0.3, 0.4) is 0 Å². The van der Waals surface area contributed by atoms with Gasteiger partial charge in [-0.1, -0.05) is 0 Å². The lowest BCUT2D eigenvalue weighted by atomic mass is 9.90. The number of hydrogen-bond donors (Lipinski definition) is 1. The number of ether oxygens (including phenoxy) is 6. The fourth-order valence-corrected chi connectivity index (χ4v) is 3.01. The molecular formula is C20H24O8. The molecule has 0 spiro atoms. The van der Waals surface area contributed by atoms with Crippen LogP contribution in [0.4, 0.5) is 0 Å². The Kier molecular flexibility index (Phi) is 6.81. The third-order valence-electron chi connectivity index (χ3n) is 4.29. The van der Waals surface area contributed by atoms with Crippen LogP contribution in [0.2, 0.25) is 0 Å². The van der Waals surface area contributed by atoms with E-state index in [1.54, 1.807) is 24.3 Å². The molecule has 0 aromatic heterocycles. The summed E-state index contributed by atoms with van der Waals surface area (Å²) in [7, 11) is 8.83. The predicted octanol–water partition coefficient (Wildman–Crippen LogP) is 2.95. The average Bonchev–Trinajstić information content (AvgIpc) is 2.71. The summed E-state index contributed by atoms with van der Waals surface area (Å²) in [5.74, 6) is 0.0775. The van der Waals surface area contributed by atoms with Crippen molar-refractivity contribution in [1.29, 1.82) is 0 Å². The molecular weight excluding hydrogens is 368 g/mol. The molecule has 2 rings (SSSR count). The van der Waals surface area contributed by atoms with E-state index in [-0.39, 0.29) is 0 Å². The maximum atomic E-state index is 12.2. The summed E-state index contributed by atoms with van der Waals surface area (Å²) in [5, 5.41) is 9.96. The number of carboxylic acid groups (broad SMARTS) is 1. The van der Waals surface area contributed by atoms with Crippen LogP contribution in [0.25, 0.3) is 0 Å². The normalized spacial score (nSPS) is 10.4. The first-order valence-electron chi connectivity index (χ1n) is 8.28. The molecule has 0 atom stereocenters. The molecule has 8 heteroatoms. The number of hydrogen-bond acceptors (Lipinski definition) is 7. The van der Waals surface area contributed by atoms with Crippen LogP contribution in [0.1, 0.15) is 17.0 Å². The summed E-state index contributed by atoms with van der Waals surface area (Å²) >= 11 is 0. The molecule has 0 bridgehead atoms. The van der Waals surface area contributed by atoms with Crippen molar-refractivity contribution >= 4 is 5.97 Å². The number of methoxy groups -OCH3 is 6. The van der Waals surface area contributed by atoms with Crippen LogP contribution in [0.5, 0.6) is 34.5 Å². The van der Waals surface area contributed by atoms with Crippen LogP contribution in [0, 0.1) is 0 Å². The van der Waals surface area contributed by atoms with Gasteiger partial charge in [-0.2, -0.15) is 0 Å². The molecule has 0 aliphatic heterocycles. The third-order valence-corrected chi connectivity index (χ3v) is 4.29. The topological polar surface area (TPSA) is 92.7 Å². The van der Waals surface area contributed by atoms with Crippen molar-refractivity contribution in [2.24, 2.45) is 0 Å². The number of carboxylic acids is 1. The van der Waals surface area contributed by atoms with Gasteiger partial charge in [0.05, 0.1) is 42.7 Å². The van der Waals surface area contributed by atoms with E-state index in [0.29, 0.717) is 45.6 Å². The minimum absolute atomic E-state index is 0.357. The molecule has 0 saturated heterocycles. The molecule has 0 aliphatic carbocycles. The minimum Gasteiger partial charge on any atom is -0.493 e. The highest BCUT2D eigenvalue weighted by Gasteiger charge is 2.28. The number of benzene rings is 2. The van der Waals surface area contributed by atoms with E-state index in [4.69, 9.17) is 28.4 Å². The summed E-state index contributed by atoms with van der Waals surface area (Å²) in [6, 6.07) is 6.40. The standard InChI is InChI=1S/C20H24O8/c1-23-13-7-11(8-14(24-2)18(13)27-5)17(20(21)22)12-9-15(25-3)19(28-6)16(10-12)26-4/h7-10,17H,1-6H3,(H,21,22). The quantitative estimate of drug-likeness (QED) is 0.696. The van der Waals surface area contributed by atoms with Gasteiger partial charge in [-0.25, -0.2) is 0 Å². The summed E-state index contributed by atoms with van der Waals surface area (Å²) in [4.78, 5) is 12.2.